The summed E-state index contributed by atoms with van der Waals surface area (Å²) in [6.07, 6.45) is -1.00. The van der Waals surface area contributed by atoms with E-state index in [1.165, 1.54) is 0 Å². The maximum Gasteiger partial charge on any atom is 0.434 e. The summed E-state index contributed by atoms with van der Waals surface area (Å²) in [5.41, 5.74) is -1.39. The van der Waals surface area contributed by atoms with Gasteiger partial charge >= 0.3 is 6.18 Å². The lowest BCUT2D eigenvalue weighted by Gasteiger charge is -2.24. The molecule has 21 heavy (non-hydrogen) atoms. The van der Waals surface area contributed by atoms with Crippen LogP contribution in [0.25, 0.3) is 0 Å². The van der Waals surface area contributed by atoms with Crippen LogP contribution in [0.15, 0.2) is 0 Å². The summed E-state index contributed by atoms with van der Waals surface area (Å²) in [6, 6.07) is 0.125. The van der Waals surface area contributed by atoms with Gasteiger partial charge in [-0.1, -0.05) is 26.7 Å². The number of rotatable bonds is 5. The third kappa shape index (κ3) is 3.57. The molecule has 1 saturated carbocycles. The minimum absolute atomic E-state index is 0.125. The highest BCUT2D eigenvalue weighted by atomic mass is 32.1. The van der Waals surface area contributed by atoms with Crippen molar-refractivity contribution in [1.82, 2.24) is 10.3 Å². The number of nitrogens with zero attached hydrogens (tertiary/aromatic N) is 1. The number of thiazole rings is 1. The van der Waals surface area contributed by atoms with Gasteiger partial charge in [-0.05, 0) is 12.8 Å². The van der Waals surface area contributed by atoms with Crippen molar-refractivity contribution in [2.45, 2.75) is 63.9 Å². The zero-order valence-electron chi connectivity index (χ0n) is 12.5. The molecule has 0 amide bonds. The summed E-state index contributed by atoms with van der Waals surface area (Å²) in [6.45, 7) is 4.00. The van der Waals surface area contributed by atoms with Gasteiger partial charge in [-0.2, -0.15) is 13.2 Å². The Kier molecular flexibility index (Phi) is 4.95. The minimum atomic E-state index is -4.42. The van der Waals surface area contributed by atoms with Gasteiger partial charge in [-0.25, -0.2) is 4.98 Å². The molecule has 0 radical (unpaired) electrons. The van der Waals surface area contributed by atoms with Gasteiger partial charge in [-0.3, -0.25) is 0 Å². The van der Waals surface area contributed by atoms with Crippen LogP contribution in [0.1, 0.15) is 55.1 Å². The molecule has 3 nitrogen and oxygen atoms in total. The number of alkyl halides is 3. The number of methoxy groups -OCH3 is 1. The molecule has 120 valence electrons. The zero-order chi connectivity index (χ0) is 15.7. The fraction of sp³-hybridized carbons (Fsp3) is 0.786. The van der Waals surface area contributed by atoms with Crippen LogP contribution in [0.2, 0.25) is 0 Å². The highest BCUT2D eigenvalue weighted by Gasteiger charge is 2.43. The van der Waals surface area contributed by atoms with Crippen LogP contribution in [0.4, 0.5) is 13.2 Å². The average molecular weight is 322 g/mol. The van der Waals surface area contributed by atoms with Crippen molar-refractivity contribution in [1.29, 1.82) is 0 Å². The van der Waals surface area contributed by atoms with Crippen LogP contribution < -0.4 is 5.32 Å². The first-order valence-corrected chi connectivity index (χ1v) is 7.96. The quantitative estimate of drug-likeness (QED) is 0.887. The Morgan fingerprint density at radius 3 is 2.43 bits per heavy atom. The van der Waals surface area contributed by atoms with Crippen molar-refractivity contribution >= 4 is 11.3 Å². The Morgan fingerprint density at radius 1 is 1.33 bits per heavy atom. The predicted molar refractivity (Wildman–Crippen MR) is 76.2 cm³/mol. The molecule has 1 aliphatic carbocycles. The number of ether oxygens (including phenoxy) is 1. The van der Waals surface area contributed by atoms with Gasteiger partial charge in [0.25, 0.3) is 0 Å². The van der Waals surface area contributed by atoms with E-state index in [9.17, 15) is 13.2 Å². The fourth-order valence-corrected chi connectivity index (χ4v) is 3.89. The first kappa shape index (κ1) is 16.7. The molecule has 0 saturated heterocycles. The molecular weight excluding hydrogens is 301 g/mol. The van der Waals surface area contributed by atoms with Crippen LogP contribution in [0.3, 0.4) is 0 Å². The third-order valence-corrected chi connectivity index (χ3v) is 5.07. The predicted octanol–water partition coefficient (Wildman–Crippen LogP) is 4.08. The van der Waals surface area contributed by atoms with Crippen LogP contribution >= 0.6 is 11.3 Å². The van der Waals surface area contributed by atoms with E-state index in [1.807, 2.05) is 13.8 Å². The Balaban J connectivity index is 2.35. The van der Waals surface area contributed by atoms with Crippen LogP contribution in [-0.4, -0.2) is 18.1 Å². The summed E-state index contributed by atoms with van der Waals surface area (Å²) in [4.78, 5) is 4.16. The average Bonchev–Trinajstić information content (AvgIpc) is 3.03. The molecule has 1 aromatic heterocycles. The smallest absolute Gasteiger partial charge is 0.371 e. The lowest BCUT2D eigenvalue weighted by Crippen LogP contribution is -2.24. The molecule has 0 atom stereocenters. The minimum Gasteiger partial charge on any atom is -0.371 e. The Morgan fingerprint density at radius 2 is 1.95 bits per heavy atom. The van der Waals surface area contributed by atoms with Crippen molar-refractivity contribution < 1.29 is 17.9 Å². The van der Waals surface area contributed by atoms with Gasteiger partial charge in [0.05, 0.1) is 4.88 Å². The molecule has 1 aromatic rings. The van der Waals surface area contributed by atoms with E-state index in [4.69, 9.17) is 4.74 Å². The van der Waals surface area contributed by atoms with Gasteiger partial charge in [0.1, 0.15) is 10.6 Å². The Hall–Kier alpha value is -0.660. The second-order valence-corrected chi connectivity index (χ2v) is 6.81. The van der Waals surface area contributed by atoms with E-state index in [0.29, 0.717) is 5.01 Å². The normalized spacial score (nSPS) is 18.6. The van der Waals surface area contributed by atoms with E-state index < -0.39 is 17.5 Å². The molecule has 2 rings (SSSR count). The number of hydrogen-bond acceptors (Lipinski definition) is 4. The Bertz CT molecular complexity index is 479. The molecular formula is C14H21F3N2OS. The lowest BCUT2D eigenvalue weighted by atomic mass is 10.0. The van der Waals surface area contributed by atoms with Gasteiger partial charge in [0.2, 0.25) is 0 Å². The first-order valence-electron chi connectivity index (χ1n) is 7.14. The van der Waals surface area contributed by atoms with E-state index in [-0.39, 0.29) is 17.5 Å². The summed E-state index contributed by atoms with van der Waals surface area (Å²) < 4.78 is 45.1. The summed E-state index contributed by atoms with van der Waals surface area (Å²) in [7, 11) is 1.56. The number of halogens is 3. The van der Waals surface area contributed by atoms with E-state index in [2.05, 4.69) is 10.3 Å². The second-order valence-electron chi connectivity index (χ2n) is 5.73. The van der Waals surface area contributed by atoms with Gasteiger partial charge in [0.15, 0.2) is 5.69 Å². The summed E-state index contributed by atoms with van der Waals surface area (Å²) >= 11 is 1.13. The van der Waals surface area contributed by atoms with Crippen LogP contribution in [0.5, 0.6) is 0 Å². The summed E-state index contributed by atoms with van der Waals surface area (Å²) in [5.74, 6) is 0. The highest BCUT2D eigenvalue weighted by Crippen LogP contribution is 2.45. The molecule has 1 N–H and O–H groups in total. The standard InChI is InChI=1S/C14H21F3N2OS/c1-9(2)18-8-10-11(14(15,16)17)19-12(21-10)13(20-3)6-4-5-7-13/h9,18H,4-8H2,1-3H3. The SMILES string of the molecule is COC1(c2nc(C(F)(F)F)c(CNC(C)C)s2)CCCC1. The molecule has 0 aromatic carbocycles. The number of hydrogen-bond donors (Lipinski definition) is 1. The fourth-order valence-electron chi connectivity index (χ4n) is 2.64. The number of aromatic nitrogens is 1. The monoisotopic (exact) mass is 322 g/mol. The highest BCUT2D eigenvalue weighted by molar-refractivity contribution is 7.11. The lowest BCUT2D eigenvalue weighted by molar-refractivity contribution is -0.141. The van der Waals surface area contributed by atoms with Gasteiger partial charge in [0, 0.05) is 19.7 Å². The summed E-state index contributed by atoms with van der Waals surface area (Å²) in [5, 5.41) is 3.51. The van der Waals surface area contributed by atoms with E-state index in [0.717, 1.165) is 37.0 Å². The molecule has 1 heterocycles. The van der Waals surface area contributed by atoms with Crippen molar-refractivity contribution in [2.24, 2.45) is 0 Å². The van der Waals surface area contributed by atoms with Crippen LogP contribution in [0, 0.1) is 0 Å². The van der Waals surface area contributed by atoms with E-state index in [1.54, 1.807) is 7.11 Å². The van der Waals surface area contributed by atoms with Gasteiger partial charge in [-0.15, -0.1) is 11.3 Å². The topological polar surface area (TPSA) is 34.1 Å². The molecule has 1 aliphatic rings. The van der Waals surface area contributed by atoms with Crippen molar-refractivity contribution in [3.8, 4) is 0 Å². The molecule has 0 aliphatic heterocycles. The molecule has 1 fully saturated rings. The molecule has 7 heteroatoms. The second kappa shape index (κ2) is 6.22. The van der Waals surface area contributed by atoms with Crippen molar-refractivity contribution in [3.05, 3.63) is 15.6 Å². The third-order valence-electron chi connectivity index (χ3n) is 3.83. The van der Waals surface area contributed by atoms with E-state index >= 15 is 0 Å². The van der Waals surface area contributed by atoms with Crippen molar-refractivity contribution in [3.63, 3.8) is 0 Å². The largest absolute Gasteiger partial charge is 0.434 e. The number of nitrogens with one attached hydrogen (secondary N) is 1. The van der Waals surface area contributed by atoms with Gasteiger partial charge < -0.3 is 10.1 Å². The first-order chi connectivity index (χ1) is 9.78. The maximum absolute atomic E-state index is 13.2. The van der Waals surface area contributed by atoms with Crippen LogP contribution in [-0.2, 0) is 23.1 Å². The zero-order valence-corrected chi connectivity index (χ0v) is 13.3. The molecule has 0 unspecified atom stereocenters. The Labute approximate surface area is 126 Å². The maximum atomic E-state index is 13.2. The molecule has 0 bridgehead atoms. The van der Waals surface area contributed by atoms with Crippen molar-refractivity contribution in [2.75, 3.05) is 7.11 Å². The molecule has 0 spiro atoms.